The first-order chi connectivity index (χ1) is 44.6. The number of nitrogens with one attached hydrogen (secondary N) is 5. The van der Waals surface area contributed by atoms with Gasteiger partial charge in [0.25, 0.3) is 0 Å². The number of amides is 7. The van der Waals surface area contributed by atoms with Gasteiger partial charge in [-0.05, 0) is 148 Å². The van der Waals surface area contributed by atoms with E-state index in [9.17, 15) is 52.5 Å². The molecule has 8 saturated heterocycles. The van der Waals surface area contributed by atoms with E-state index in [1.807, 2.05) is 95.0 Å². The van der Waals surface area contributed by atoms with Gasteiger partial charge in [0.15, 0.2) is 0 Å². The predicted octanol–water partition coefficient (Wildman–Crippen LogP) is 2.86. The number of nitrogens with two attached hydrogens (primary N) is 2. The number of likely N-dealkylation sites (tertiary alicyclic amines) is 4. The van der Waals surface area contributed by atoms with E-state index in [1.165, 1.54) is 34.5 Å². The monoisotopic (exact) mass is 1450 g/mol. The van der Waals surface area contributed by atoms with Crippen molar-refractivity contribution in [2.24, 2.45) is 11.7 Å². The number of rotatable bonds is 7. The number of halogens is 1. The normalized spacial score (nSPS) is 19.5. The molecule has 0 aliphatic carbocycles. The van der Waals surface area contributed by atoms with E-state index in [0.717, 1.165) is 70.3 Å². The van der Waals surface area contributed by atoms with Gasteiger partial charge in [-0.15, -0.1) is 12.4 Å². The third-order valence-corrected chi connectivity index (χ3v) is 17.9. The van der Waals surface area contributed by atoms with Gasteiger partial charge in [-0.25, -0.2) is 39.4 Å². The van der Waals surface area contributed by atoms with E-state index in [-0.39, 0.29) is 120 Å². The zero-order chi connectivity index (χ0) is 73.1. The molecule has 0 atom stereocenters. The maximum absolute atomic E-state index is 12.0. The van der Waals surface area contributed by atoms with E-state index in [2.05, 4.69) is 69.2 Å². The van der Waals surface area contributed by atoms with Crippen LogP contribution in [0.25, 0.3) is 0 Å². The molecule has 0 aromatic carbocycles. The Morgan fingerprint density at radius 2 is 0.867 bits per heavy atom. The summed E-state index contributed by atoms with van der Waals surface area (Å²) in [7, 11) is 1.77. The maximum atomic E-state index is 12.0. The molecule has 98 heavy (non-hydrogen) atoms. The summed E-state index contributed by atoms with van der Waals surface area (Å²) in [5.41, 5.74) is 10.5. The fraction of sp³-hybridized carbons (Fsp3) is 0.810. The van der Waals surface area contributed by atoms with Crippen molar-refractivity contribution in [3.8, 4) is 0 Å². The van der Waals surface area contributed by atoms with E-state index in [0.29, 0.717) is 97.3 Å². The number of methoxy groups -OCH3 is 2. The van der Waals surface area contributed by atoms with Crippen molar-refractivity contribution in [1.82, 2.24) is 56.6 Å². The second kappa shape index (κ2) is 42.5. The van der Waals surface area contributed by atoms with Crippen molar-refractivity contribution < 1.29 is 121 Å². The van der Waals surface area contributed by atoms with Gasteiger partial charge in [-0.1, -0.05) is 19.4 Å². The molecule has 0 unspecified atom stereocenters. The van der Waals surface area contributed by atoms with E-state index < -0.39 is 36.0 Å². The average Bonchev–Trinajstić information content (AvgIpc) is 1.66. The second-order valence-electron chi connectivity index (χ2n) is 28.2. The Morgan fingerprint density at radius 3 is 1.18 bits per heavy atom. The average molecular weight is 1450 g/mol. The van der Waals surface area contributed by atoms with Crippen molar-refractivity contribution in [3.05, 3.63) is 11.6 Å². The number of nitrogens with zero attached hydrogens (tertiary/aromatic N) is 6. The van der Waals surface area contributed by atoms with Crippen LogP contribution in [0.1, 0.15) is 182 Å². The first kappa shape index (κ1) is 93.0. The number of esters is 2. The largest absolute Gasteiger partial charge is 1.00 e. The zero-order valence-electron chi connectivity index (χ0n) is 62.9. The molecule has 8 fully saturated rings. The minimum atomic E-state index is -3.23. The number of hydrogen-bond donors (Lipinski definition) is 7. The summed E-state index contributed by atoms with van der Waals surface area (Å²) >= 11 is 0. The summed E-state index contributed by atoms with van der Waals surface area (Å²) in [6.07, 6.45) is 9.34. The summed E-state index contributed by atoms with van der Waals surface area (Å²) in [5.74, 6) is 7.57. The molecule has 8 heterocycles. The number of ether oxygens (including phenoxy) is 6. The number of carbonyl (C=O) groups is 10. The zero-order valence-corrected chi connectivity index (χ0v) is 65.6. The SMILES string of the molecule is CC(C)(C)OC(=O)N1CCC(=O)CC1.CC(C)(C)OC(=O)N1CCC2(CC1)CC(=O)NN2.CCN1NC(=O)CC12CCN(C(=O)OC(C)(C)C)CC2.CCN1NC(=O)CC12CCNCC2.COC(=O)C=C1CCN(C(=O)OC(C)(C)C)CC1.COC(=O)CP(=O)(OC)OC.Cl.NN.[H-].[Na+]. The summed E-state index contributed by atoms with van der Waals surface area (Å²) in [6.45, 7) is 34.8. The van der Waals surface area contributed by atoms with E-state index in [1.54, 1.807) is 19.6 Å². The van der Waals surface area contributed by atoms with Crippen LogP contribution >= 0.6 is 20.0 Å². The van der Waals surface area contributed by atoms with Gasteiger partial charge in [0.2, 0.25) is 17.7 Å². The van der Waals surface area contributed by atoms with Gasteiger partial charge in [0.05, 0.1) is 25.3 Å². The van der Waals surface area contributed by atoms with Crippen molar-refractivity contribution in [2.45, 2.75) is 219 Å². The van der Waals surface area contributed by atoms with Gasteiger partial charge in [-0.3, -0.25) is 56.5 Å². The Labute approximate surface area is 610 Å². The first-order valence-electron chi connectivity index (χ1n) is 32.8. The van der Waals surface area contributed by atoms with Crippen molar-refractivity contribution in [1.29, 1.82) is 0 Å². The van der Waals surface area contributed by atoms with Crippen LogP contribution < -0.4 is 68.3 Å². The molecular formula is C63H118ClN13NaO19P. The standard InChI is InChI=1S/C14H25N3O3.C13H21NO4.C12H21N3O3.C10H17NO3.C9H17N3O.C5H11O5P.ClH.H4N2.Na.H/c1-5-17-14(10-11(18)15-17)6-8-16(9-7-14)12(19)20-13(2,3)4;1-13(2,3)18-12(16)14-7-5-10(6-8-14)9-11(15)17-4;1-11(2,3)18-10(17)15-6-4-12(5-7-15)8-9(16)13-14-12;1-10(2,3)14-9(13)11-6-4-8(12)5-7-11;1-2-12-9(7-8(13)11-12)3-5-10-6-4-9;1-8-5(6)4-11(7,9-2)10-3;;1-2;;/h5-10H2,1-4H3,(H,15,18);9H,5-8H2,1-4H3;14H,4-8H2,1-3H3,(H,13,16);4-7H2,1-3H3;10H,2-7H2,1H3,(H,11,13);4H2,1-3H3;1H;1-2H2;;/q;;;;;;;;+1;-1. The molecule has 35 heteroatoms. The fourth-order valence-electron chi connectivity index (χ4n) is 11.2. The maximum Gasteiger partial charge on any atom is 1.00 e. The van der Waals surface area contributed by atoms with Crippen molar-refractivity contribution >= 4 is 79.8 Å². The molecule has 8 aliphatic rings. The Morgan fingerprint density at radius 1 is 0.520 bits per heavy atom. The van der Waals surface area contributed by atoms with Crippen molar-refractivity contribution in [3.63, 3.8) is 0 Å². The topological polar surface area (TPSA) is 393 Å². The number of Topliss-reactive ketones (excluding diaryl/α,β-unsaturated/α-hetero) is 1. The molecule has 0 radical (unpaired) electrons. The minimum Gasteiger partial charge on any atom is -1.00 e. The molecular weight excluding hydrogens is 1330 g/mol. The van der Waals surface area contributed by atoms with E-state index >= 15 is 0 Å². The summed E-state index contributed by atoms with van der Waals surface area (Å²) < 4.78 is 50.2. The van der Waals surface area contributed by atoms with Crippen LogP contribution in [0.5, 0.6) is 0 Å². The van der Waals surface area contributed by atoms with Crippen LogP contribution in [0.2, 0.25) is 0 Å². The Kier molecular flexibility index (Phi) is 40.3. The molecule has 32 nitrogen and oxygen atoms in total. The summed E-state index contributed by atoms with van der Waals surface area (Å²) in [5, 5.41) is 7.48. The number of piperidine rings is 5. The molecule has 0 aromatic rings. The molecule has 7 amide bonds. The number of ketones is 1. The third kappa shape index (κ3) is 33.2. The fourth-order valence-corrected chi connectivity index (χ4v) is 12.0. The molecule has 3 spiro atoms. The molecule has 8 rings (SSSR count). The van der Waals surface area contributed by atoms with Crippen LogP contribution in [0.4, 0.5) is 19.2 Å². The van der Waals surface area contributed by atoms with Crippen LogP contribution in [0.3, 0.4) is 0 Å². The quantitative estimate of drug-likeness (QED) is 0.0366. The van der Waals surface area contributed by atoms with Gasteiger partial charge < -0.3 is 63.8 Å². The summed E-state index contributed by atoms with van der Waals surface area (Å²) in [4.78, 5) is 121. The van der Waals surface area contributed by atoms with Crippen LogP contribution in [-0.2, 0) is 70.8 Å². The molecule has 562 valence electrons. The second-order valence-corrected chi connectivity index (χ2v) is 30.5. The van der Waals surface area contributed by atoms with Gasteiger partial charge >= 0.3 is 73.5 Å². The Hall–Kier alpha value is -4.96. The Balaban J connectivity index is 0. The first-order valence-corrected chi connectivity index (χ1v) is 34.6. The van der Waals surface area contributed by atoms with Gasteiger partial charge in [0, 0.05) is 123 Å². The molecule has 0 bridgehead atoms. The number of hydrazine groups is 4. The van der Waals surface area contributed by atoms with Crippen LogP contribution in [0.15, 0.2) is 11.6 Å². The third-order valence-electron chi connectivity index (χ3n) is 16.2. The smallest absolute Gasteiger partial charge is 1.00 e. The summed E-state index contributed by atoms with van der Waals surface area (Å²) in [6, 6.07) is 0. The Bertz CT molecular complexity index is 2650. The molecule has 0 saturated carbocycles. The van der Waals surface area contributed by atoms with E-state index in [4.69, 9.17) is 18.9 Å². The molecule has 0 aromatic heterocycles. The van der Waals surface area contributed by atoms with Crippen molar-refractivity contribution in [2.75, 3.05) is 113 Å². The molecule has 8 aliphatic heterocycles. The van der Waals surface area contributed by atoms with Crippen LogP contribution in [0, 0.1) is 0 Å². The number of hydrogen-bond acceptors (Lipinski definition) is 25. The minimum absolute atomic E-state index is 0. The van der Waals surface area contributed by atoms with Crippen LogP contribution in [-0.4, -0.2) is 242 Å². The number of carbonyl (C=O) groups excluding carboxylic acids is 10. The molecule has 9 N–H and O–H groups in total. The van der Waals surface area contributed by atoms with Gasteiger partial charge in [-0.2, -0.15) is 0 Å². The predicted molar refractivity (Wildman–Crippen MR) is 365 cm³/mol. The van der Waals surface area contributed by atoms with Gasteiger partial charge in [0.1, 0.15) is 34.3 Å².